The molecule has 1 aromatic rings. The minimum atomic E-state index is -0.729. The SMILES string of the molecule is CNc1cccc(F)c1C(=N)C(C)C(=O)N1C2CC3(C)CC1CC(C#N)(C2)C3. The molecule has 6 heteroatoms. The molecule has 4 fully saturated rings. The second-order valence-electron chi connectivity index (χ2n) is 9.30. The molecule has 0 spiro atoms. The summed E-state index contributed by atoms with van der Waals surface area (Å²) in [7, 11) is 1.68. The van der Waals surface area contributed by atoms with E-state index < -0.39 is 11.7 Å². The van der Waals surface area contributed by atoms with Crippen LogP contribution in [0.25, 0.3) is 0 Å². The van der Waals surface area contributed by atoms with Gasteiger partial charge in [-0.15, -0.1) is 0 Å². The van der Waals surface area contributed by atoms with Crippen LogP contribution in [0.2, 0.25) is 0 Å². The third kappa shape index (κ3) is 2.71. The number of hydrogen-bond acceptors (Lipinski definition) is 4. The third-order valence-electron chi connectivity index (χ3n) is 7.11. The second-order valence-corrected chi connectivity index (χ2v) is 9.30. The summed E-state index contributed by atoms with van der Waals surface area (Å²) in [5.41, 5.74) is 0.498. The number of hydrogen-bond donors (Lipinski definition) is 2. The minimum Gasteiger partial charge on any atom is -0.387 e. The van der Waals surface area contributed by atoms with Crippen LogP contribution >= 0.6 is 0 Å². The van der Waals surface area contributed by atoms with E-state index >= 15 is 0 Å². The van der Waals surface area contributed by atoms with Crippen molar-refractivity contribution in [2.75, 3.05) is 12.4 Å². The number of piperidine rings is 2. The summed E-state index contributed by atoms with van der Waals surface area (Å²) < 4.78 is 14.4. The molecule has 1 aromatic carbocycles. The Morgan fingerprint density at radius 1 is 1.36 bits per heavy atom. The number of nitriles is 1. The number of rotatable bonds is 4. The van der Waals surface area contributed by atoms with E-state index in [0.717, 1.165) is 32.1 Å². The summed E-state index contributed by atoms with van der Waals surface area (Å²) in [5, 5.41) is 21.2. The summed E-state index contributed by atoms with van der Waals surface area (Å²) in [5.74, 6) is -1.33. The Balaban J connectivity index is 1.61. The monoisotopic (exact) mass is 382 g/mol. The fourth-order valence-corrected chi connectivity index (χ4v) is 6.21. The zero-order chi connectivity index (χ0) is 20.3. The molecule has 2 aliphatic carbocycles. The Hall–Kier alpha value is -2.42. The molecular weight excluding hydrogens is 355 g/mol. The van der Waals surface area contributed by atoms with Crippen molar-refractivity contribution in [2.24, 2.45) is 16.7 Å². The van der Waals surface area contributed by atoms with Crippen molar-refractivity contribution in [1.82, 2.24) is 4.90 Å². The molecule has 2 saturated carbocycles. The van der Waals surface area contributed by atoms with Crippen LogP contribution in [0.1, 0.15) is 51.5 Å². The van der Waals surface area contributed by atoms with E-state index in [1.807, 2.05) is 4.90 Å². The van der Waals surface area contributed by atoms with Gasteiger partial charge in [-0.25, -0.2) is 4.39 Å². The van der Waals surface area contributed by atoms with Gasteiger partial charge in [0.15, 0.2) is 0 Å². The van der Waals surface area contributed by atoms with Crippen LogP contribution in [0, 0.1) is 39.3 Å². The van der Waals surface area contributed by atoms with E-state index in [4.69, 9.17) is 5.41 Å². The molecule has 4 bridgehead atoms. The van der Waals surface area contributed by atoms with Gasteiger partial charge in [0.1, 0.15) is 5.82 Å². The lowest BCUT2D eigenvalue weighted by Gasteiger charge is -2.63. The number of nitrogens with one attached hydrogen (secondary N) is 2. The highest BCUT2D eigenvalue weighted by molar-refractivity contribution is 6.14. The van der Waals surface area contributed by atoms with Gasteiger partial charge in [-0.3, -0.25) is 4.79 Å². The minimum absolute atomic E-state index is 0.00228. The maximum atomic E-state index is 14.4. The van der Waals surface area contributed by atoms with Gasteiger partial charge in [0.25, 0.3) is 0 Å². The molecule has 2 N–H and O–H groups in total. The predicted octanol–water partition coefficient (Wildman–Crippen LogP) is 3.94. The molecule has 5 nitrogen and oxygen atoms in total. The van der Waals surface area contributed by atoms with Crippen LogP contribution in [-0.2, 0) is 4.79 Å². The van der Waals surface area contributed by atoms with E-state index in [9.17, 15) is 14.4 Å². The Bertz CT molecular complexity index is 873. The molecule has 2 saturated heterocycles. The van der Waals surface area contributed by atoms with Crippen LogP contribution in [0.4, 0.5) is 10.1 Å². The Morgan fingerprint density at radius 3 is 2.57 bits per heavy atom. The summed E-state index contributed by atoms with van der Waals surface area (Å²) in [6.07, 6.45) is 4.21. The van der Waals surface area contributed by atoms with Crippen LogP contribution in [0.5, 0.6) is 0 Å². The van der Waals surface area contributed by atoms with E-state index in [1.54, 1.807) is 26.1 Å². The molecule has 0 aromatic heterocycles. The molecule has 0 radical (unpaired) electrons. The number of nitrogens with zero attached hydrogens (tertiary/aromatic N) is 2. The lowest BCUT2D eigenvalue weighted by atomic mass is 9.50. The number of carbonyl (C=O) groups is 1. The number of anilines is 1. The molecule has 1 amide bonds. The van der Waals surface area contributed by atoms with Crippen LogP contribution < -0.4 is 5.32 Å². The van der Waals surface area contributed by atoms with Gasteiger partial charge in [-0.1, -0.05) is 13.0 Å². The first kappa shape index (κ1) is 18.9. The zero-order valence-corrected chi connectivity index (χ0v) is 16.7. The van der Waals surface area contributed by atoms with Gasteiger partial charge in [0.05, 0.1) is 28.7 Å². The van der Waals surface area contributed by atoms with Gasteiger partial charge < -0.3 is 15.6 Å². The fourth-order valence-electron chi connectivity index (χ4n) is 6.21. The number of benzene rings is 1. The van der Waals surface area contributed by atoms with Crippen molar-refractivity contribution in [3.05, 3.63) is 29.6 Å². The van der Waals surface area contributed by atoms with E-state index in [1.165, 1.54) is 6.07 Å². The highest BCUT2D eigenvalue weighted by Gasteiger charge is 2.60. The first-order chi connectivity index (χ1) is 13.2. The molecule has 148 valence electrons. The van der Waals surface area contributed by atoms with Crippen LogP contribution in [0.3, 0.4) is 0 Å². The van der Waals surface area contributed by atoms with Crippen molar-refractivity contribution in [2.45, 2.75) is 58.0 Å². The van der Waals surface area contributed by atoms with Crippen molar-refractivity contribution < 1.29 is 9.18 Å². The van der Waals surface area contributed by atoms with Crippen LogP contribution in [-0.4, -0.2) is 35.7 Å². The largest absolute Gasteiger partial charge is 0.387 e. The quantitative estimate of drug-likeness (QED) is 0.774. The molecule has 2 heterocycles. The second kappa shape index (κ2) is 6.30. The molecule has 4 aliphatic rings. The Labute approximate surface area is 165 Å². The maximum absolute atomic E-state index is 14.4. The Morgan fingerprint density at radius 2 is 2.00 bits per heavy atom. The molecule has 5 rings (SSSR count). The average molecular weight is 382 g/mol. The standard InChI is InChI=1S/C22H27FN4O/c1-13(19(25)18-16(23)5-4-6-17(18)26-3)20(28)27-14-7-21(2)8-15(27)10-22(9-14,11-21)12-24/h4-6,13-15,25-26H,7-11H2,1-3H3. The maximum Gasteiger partial charge on any atom is 0.231 e. The highest BCUT2D eigenvalue weighted by atomic mass is 19.1. The molecule has 2 aliphatic heterocycles. The number of halogens is 1. The smallest absolute Gasteiger partial charge is 0.231 e. The lowest BCUT2D eigenvalue weighted by molar-refractivity contribution is -0.164. The van der Waals surface area contributed by atoms with Crippen molar-refractivity contribution in [3.63, 3.8) is 0 Å². The van der Waals surface area contributed by atoms with Gasteiger partial charge >= 0.3 is 0 Å². The molecular formula is C22H27FN4O. The van der Waals surface area contributed by atoms with Gasteiger partial charge in [-0.05, 0) is 56.6 Å². The number of carbonyl (C=O) groups excluding carboxylic acids is 1. The molecule has 28 heavy (non-hydrogen) atoms. The fraction of sp³-hybridized carbons (Fsp3) is 0.591. The van der Waals surface area contributed by atoms with E-state index in [-0.39, 0.29) is 40.1 Å². The third-order valence-corrected chi connectivity index (χ3v) is 7.11. The topological polar surface area (TPSA) is 80.0 Å². The van der Waals surface area contributed by atoms with E-state index in [2.05, 4.69) is 18.3 Å². The van der Waals surface area contributed by atoms with Gasteiger partial charge in [-0.2, -0.15) is 5.26 Å². The molecule has 3 unspecified atom stereocenters. The first-order valence-corrected chi connectivity index (χ1v) is 10.0. The zero-order valence-electron chi connectivity index (χ0n) is 16.7. The van der Waals surface area contributed by atoms with Crippen molar-refractivity contribution >= 4 is 17.3 Å². The summed E-state index contributed by atoms with van der Waals surface area (Å²) in [6.45, 7) is 3.94. The lowest BCUT2D eigenvalue weighted by Crippen LogP contribution is -2.66. The van der Waals surface area contributed by atoms with E-state index in [0.29, 0.717) is 5.69 Å². The highest BCUT2D eigenvalue weighted by Crippen LogP contribution is 2.61. The normalized spacial score (nSPS) is 34.0. The number of amides is 1. The van der Waals surface area contributed by atoms with Crippen molar-refractivity contribution in [3.8, 4) is 6.07 Å². The van der Waals surface area contributed by atoms with Crippen LogP contribution in [0.15, 0.2) is 18.2 Å². The van der Waals surface area contributed by atoms with Gasteiger partial charge in [0, 0.05) is 24.8 Å². The predicted molar refractivity (Wildman–Crippen MR) is 106 cm³/mol. The molecule has 3 atom stereocenters. The van der Waals surface area contributed by atoms with Gasteiger partial charge in [0.2, 0.25) is 5.91 Å². The summed E-state index contributed by atoms with van der Waals surface area (Å²) >= 11 is 0. The van der Waals surface area contributed by atoms with Crippen molar-refractivity contribution in [1.29, 1.82) is 10.7 Å². The first-order valence-electron chi connectivity index (χ1n) is 10.0. The Kier molecular flexibility index (Phi) is 4.26. The summed E-state index contributed by atoms with van der Waals surface area (Å²) in [4.78, 5) is 15.4. The average Bonchev–Trinajstić information content (AvgIpc) is 2.64. The summed E-state index contributed by atoms with van der Waals surface area (Å²) in [6, 6.07) is 7.29.